The summed E-state index contributed by atoms with van der Waals surface area (Å²) in [5, 5.41) is 4.84. The number of ether oxygens (including phenoxy) is 1. The van der Waals surface area contributed by atoms with Gasteiger partial charge in [0.15, 0.2) is 0 Å². The van der Waals surface area contributed by atoms with Gasteiger partial charge >= 0.3 is 0 Å². The number of aryl methyl sites for hydroxylation is 1. The van der Waals surface area contributed by atoms with Crippen molar-refractivity contribution in [2.45, 2.75) is 18.8 Å². The molecule has 1 N–H and O–H groups in total. The molecule has 1 atom stereocenters. The first-order chi connectivity index (χ1) is 13.1. The average molecular weight is 385 g/mol. The zero-order valence-electron chi connectivity index (χ0n) is 15.7. The molecule has 1 unspecified atom stereocenters. The van der Waals surface area contributed by atoms with Crippen LogP contribution in [0.15, 0.2) is 54.7 Å². The van der Waals surface area contributed by atoms with Crippen molar-refractivity contribution in [3.05, 3.63) is 70.9 Å². The lowest BCUT2D eigenvalue weighted by Crippen LogP contribution is -2.27. The highest BCUT2D eigenvalue weighted by Crippen LogP contribution is 2.35. The number of nitrogens with one attached hydrogen (secondary N) is 1. The minimum absolute atomic E-state index is 0.0315. The van der Waals surface area contributed by atoms with Crippen LogP contribution in [0.3, 0.4) is 0 Å². The molecule has 27 heavy (non-hydrogen) atoms. The summed E-state index contributed by atoms with van der Waals surface area (Å²) in [5.41, 5.74) is 3.34. The van der Waals surface area contributed by atoms with Gasteiger partial charge < -0.3 is 14.6 Å². The summed E-state index contributed by atoms with van der Waals surface area (Å²) in [7, 11) is 3.70. The van der Waals surface area contributed by atoms with E-state index >= 15 is 0 Å². The van der Waals surface area contributed by atoms with Crippen molar-refractivity contribution in [2.24, 2.45) is 7.05 Å². The summed E-state index contributed by atoms with van der Waals surface area (Å²) in [6.07, 6.45) is 3.30. The highest BCUT2D eigenvalue weighted by molar-refractivity contribution is 6.30. The number of hydrogen-bond acceptors (Lipinski definition) is 2. The lowest BCUT2D eigenvalue weighted by molar-refractivity contribution is -0.121. The molecule has 5 heteroatoms. The summed E-state index contributed by atoms with van der Waals surface area (Å²) in [4.78, 5) is 12.6. The maximum absolute atomic E-state index is 12.6. The van der Waals surface area contributed by atoms with Gasteiger partial charge in [-0.25, -0.2) is 0 Å². The average Bonchev–Trinajstić information content (AvgIpc) is 3.00. The molecule has 3 aromatic rings. The normalized spacial score (nSPS) is 12.3. The number of benzene rings is 2. The Labute approximate surface area is 165 Å². The van der Waals surface area contributed by atoms with Crippen molar-refractivity contribution in [3.8, 4) is 0 Å². The second-order valence-corrected chi connectivity index (χ2v) is 7.16. The lowest BCUT2D eigenvalue weighted by atomic mass is 9.88. The Bertz CT molecular complexity index is 920. The molecule has 0 radical (unpaired) electrons. The van der Waals surface area contributed by atoms with E-state index in [2.05, 4.69) is 28.2 Å². The molecule has 0 bridgehead atoms. The van der Waals surface area contributed by atoms with E-state index in [4.69, 9.17) is 16.3 Å². The Morgan fingerprint density at radius 1 is 1.22 bits per heavy atom. The molecule has 4 nitrogen and oxygen atoms in total. The maximum Gasteiger partial charge on any atom is 0.220 e. The van der Waals surface area contributed by atoms with E-state index in [9.17, 15) is 4.79 Å². The van der Waals surface area contributed by atoms with Crippen LogP contribution < -0.4 is 5.32 Å². The van der Waals surface area contributed by atoms with Crippen molar-refractivity contribution in [3.63, 3.8) is 0 Å². The Kier molecular flexibility index (Phi) is 6.54. The van der Waals surface area contributed by atoms with Crippen LogP contribution in [0.25, 0.3) is 10.9 Å². The summed E-state index contributed by atoms with van der Waals surface area (Å²) in [5.74, 6) is -0.0266. The van der Waals surface area contributed by atoms with Crippen LogP contribution in [0.4, 0.5) is 0 Å². The van der Waals surface area contributed by atoms with Gasteiger partial charge in [0.05, 0.1) is 0 Å². The number of methoxy groups -OCH3 is 1. The summed E-state index contributed by atoms with van der Waals surface area (Å²) >= 11 is 6.24. The van der Waals surface area contributed by atoms with Gasteiger partial charge in [0.2, 0.25) is 5.91 Å². The summed E-state index contributed by atoms with van der Waals surface area (Å²) < 4.78 is 7.15. The van der Waals surface area contributed by atoms with Crippen LogP contribution in [-0.2, 0) is 16.6 Å². The second-order valence-electron chi connectivity index (χ2n) is 6.72. The number of aromatic nitrogens is 1. The number of hydrogen-bond donors (Lipinski definition) is 1. The molecule has 0 aliphatic carbocycles. The molecule has 0 aliphatic rings. The summed E-state index contributed by atoms with van der Waals surface area (Å²) in [6.45, 7) is 1.26. The first-order valence-corrected chi connectivity index (χ1v) is 9.53. The predicted molar refractivity (Wildman–Crippen MR) is 110 cm³/mol. The third-order valence-corrected chi connectivity index (χ3v) is 5.03. The van der Waals surface area contributed by atoms with Crippen molar-refractivity contribution in [1.82, 2.24) is 9.88 Å². The fourth-order valence-corrected chi connectivity index (χ4v) is 3.68. The van der Waals surface area contributed by atoms with Crippen LogP contribution in [0.5, 0.6) is 0 Å². The van der Waals surface area contributed by atoms with Gasteiger partial charge in [0, 0.05) is 61.8 Å². The molecular weight excluding hydrogens is 360 g/mol. The van der Waals surface area contributed by atoms with Crippen LogP contribution >= 0.6 is 11.6 Å². The number of amides is 1. The molecule has 3 rings (SSSR count). The van der Waals surface area contributed by atoms with Gasteiger partial charge in [0.25, 0.3) is 0 Å². The maximum atomic E-state index is 12.6. The molecule has 1 amide bonds. The van der Waals surface area contributed by atoms with E-state index in [0.29, 0.717) is 24.6 Å². The zero-order valence-corrected chi connectivity index (χ0v) is 16.5. The summed E-state index contributed by atoms with van der Waals surface area (Å²) in [6, 6.07) is 16.1. The molecule has 1 aromatic heterocycles. The smallest absolute Gasteiger partial charge is 0.220 e. The molecule has 0 spiro atoms. The number of nitrogens with zero attached hydrogens (tertiary/aromatic N) is 1. The molecule has 0 fully saturated rings. The van der Waals surface area contributed by atoms with Gasteiger partial charge in [-0.2, -0.15) is 0 Å². The van der Waals surface area contributed by atoms with Gasteiger partial charge in [0.1, 0.15) is 0 Å². The third-order valence-electron chi connectivity index (χ3n) is 4.79. The Hall–Kier alpha value is -2.30. The van der Waals surface area contributed by atoms with Gasteiger partial charge in [-0.05, 0) is 35.7 Å². The van der Waals surface area contributed by atoms with Crippen LogP contribution in [0.2, 0.25) is 5.02 Å². The second kappa shape index (κ2) is 9.07. The fourth-order valence-electron chi connectivity index (χ4n) is 3.48. The van der Waals surface area contributed by atoms with E-state index in [0.717, 1.165) is 28.5 Å². The quantitative estimate of drug-likeness (QED) is 0.581. The Balaban J connectivity index is 1.92. The largest absolute Gasteiger partial charge is 0.385 e. The van der Waals surface area contributed by atoms with E-state index in [1.165, 1.54) is 0 Å². The third kappa shape index (κ3) is 4.71. The highest BCUT2D eigenvalue weighted by atomic mass is 35.5. The van der Waals surface area contributed by atoms with Crippen molar-refractivity contribution >= 4 is 28.4 Å². The Morgan fingerprint density at radius 2 is 2.04 bits per heavy atom. The topological polar surface area (TPSA) is 43.3 Å². The number of carbonyl (C=O) groups excluding carboxylic acids is 1. The molecule has 0 aliphatic heterocycles. The van der Waals surface area contributed by atoms with Crippen LogP contribution in [0, 0.1) is 0 Å². The molecule has 2 aromatic carbocycles. The minimum Gasteiger partial charge on any atom is -0.385 e. The number of para-hydroxylation sites is 1. The Morgan fingerprint density at radius 3 is 2.81 bits per heavy atom. The first-order valence-electron chi connectivity index (χ1n) is 9.15. The van der Waals surface area contributed by atoms with Gasteiger partial charge in [-0.15, -0.1) is 0 Å². The number of halogens is 1. The van der Waals surface area contributed by atoms with Crippen LogP contribution in [-0.4, -0.2) is 30.7 Å². The molecule has 142 valence electrons. The minimum atomic E-state index is -0.0581. The monoisotopic (exact) mass is 384 g/mol. The van der Waals surface area contributed by atoms with E-state index < -0.39 is 0 Å². The molecular formula is C22H25ClN2O2. The van der Waals surface area contributed by atoms with Gasteiger partial charge in [-0.1, -0.05) is 41.9 Å². The fraction of sp³-hybridized carbons (Fsp3) is 0.318. The van der Waals surface area contributed by atoms with Gasteiger partial charge in [-0.3, -0.25) is 4.79 Å². The molecule has 0 saturated heterocycles. The van der Waals surface area contributed by atoms with Crippen LogP contribution in [0.1, 0.15) is 29.9 Å². The SMILES string of the molecule is COCCCNC(=O)CC(c1cccc(Cl)c1)c1cn(C)c2ccccc12. The zero-order chi connectivity index (χ0) is 19.2. The standard InChI is InChI=1S/C22H25ClN2O2/c1-25-15-20(18-9-3-4-10-21(18)25)19(16-7-5-8-17(23)13-16)14-22(26)24-11-6-12-27-2/h3-5,7-10,13,15,19H,6,11-12,14H2,1-2H3,(H,24,26). The number of carbonyl (C=O) groups is 1. The first kappa shape index (κ1) is 19.5. The van der Waals surface area contributed by atoms with Crippen molar-refractivity contribution < 1.29 is 9.53 Å². The van der Waals surface area contributed by atoms with E-state index in [-0.39, 0.29) is 11.8 Å². The predicted octanol–water partition coefficient (Wildman–Crippen LogP) is 4.51. The highest BCUT2D eigenvalue weighted by Gasteiger charge is 2.22. The molecule has 0 saturated carbocycles. The van der Waals surface area contributed by atoms with Crippen molar-refractivity contribution in [2.75, 3.05) is 20.3 Å². The van der Waals surface area contributed by atoms with E-state index in [1.54, 1.807) is 7.11 Å². The number of fused-ring (bicyclic) bond motifs is 1. The van der Waals surface area contributed by atoms with Crippen molar-refractivity contribution in [1.29, 1.82) is 0 Å². The lowest BCUT2D eigenvalue weighted by Gasteiger charge is -2.17. The number of rotatable bonds is 8. The molecule has 1 heterocycles. The van der Waals surface area contributed by atoms with E-state index in [1.807, 2.05) is 43.4 Å².